The van der Waals surface area contributed by atoms with Crippen molar-refractivity contribution in [1.29, 1.82) is 0 Å². The number of phenolic OH excluding ortho intramolecular Hbond substituents is 2. The highest BCUT2D eigenvalue weighted by atomic mass is 16.7. The van der Waals surface area contributed by atoms with Crippen molar-refractivity contribution >= 4 is 0 Å². The molecule has 7 heteroatoms. The third kappa shape index (κ3) is 2.57. The van der Waals surface area contributed by atoms with Crippen molar-refractivity contribution in [3.05, 3.63) is 41.5 Å². The Hall–Kier alpha value is -2.64. The molecule has 0 unspecified atom stereocenters. The van der Waals surface area contributed by atoms with Crippen molar-refractivity contribution in [3.8, 4) is 28.7 Å². The smallest absolute Gasteiger partial charge is 0.231 e. The summed E-state index contributed by atoms with van der Waals surface area (Å²) in [6, 6.07) is 8.62. The normalized spacial score (nSPS) is 28.3. The van der Waals surface area contributed by atoms with Gasteiger partial charge >= 0.3 is 0 Å². The zero-order valence-electron chi connectivity index (χ0n) is 14.8. The van der Waals surface area contributed by atoms with Crippen LogP contribution in [-0.2, 0) is 9.47 Å². The Bertz CT molecular complexity index is 881. The molecule has 3 aliphatic heterocycles. The van der Waals surface area contributed by atoms with E-state index in [2.05, 4.69) is 0 Å². The number of rotatable bonds is 3. The number of ether oxygens (including phenoxy) is 5. The topological polar surface area (TPSA) is 86.6 Å². The van der Waals surface area contributed by atoms with Crippen molar-refractivity contribution in [2.45, 2.75) is 12.2 Å². The van der Waals surface area contributed by atoms with Crippen LogP contribution in [0.5, 0.6) is 28.7 Å². The molecule has 4 atom stereocenters. The van der Waals surface area contributed by atoms with E-state index in [0.29, 0.717) is 36.0 Å². The predicted molar refractivity (Wildman–Crippen MR) is 93.3 cm³/mol. The second-order valence-corrected chi connectivity index (χ2v) is 7.03. The van der Waals surface area contributed by atoms with E-state index in [1.807, 2.05) is 6.07 Å². The number of aromatic hydroxyl groups is 2. The zero-order valence-corrected chi connectivity index (χ0v) is 14.8. The van der Waals surface area contributed by atoms with Crippen LogP contribution >= 0.6 is 0 Å². The number of benzene rings is 2. The summed E-state index contributed by atoms with van der Waals surface area (Å²) < 4.78 is 28.1. The summed E-state index contributed by atoms with van der Waals surface area (Å²) in [7, 11) is 1.52. The van der Waals surface area contributed by atoms with E-state index in [0.717, 1.165) is 5.56 Å². The van der Waals surface area contributed by atoms with Crippen LogP contribution < -0.4 is 14.2 Å². The van der Waals surface area contributed by atoms with Crippen molar-refractivity contribution in [3.63, 3.8) is 0 Å². The van der Waals surface area contributed by atoms with Gasteiger partial charge in [-0.2, -0.15) is 0 Å². The lowest BCUT2D eigenvalue weighted by atomic mass is 9.84. The minimum absolute atomic E-state index is 0.0987. The standard InChI is InChI=1S/C20H20O7/c1-23-16-4-10(2-3-14(16)21)19-12-7-25-20(13(12)8-24-19)11-5-17-18(6-15(11)22)27-9-26-17/h2-6,12-13,19-22H,7-9H2,1H3/t12-,13-,19+,20+/m0/s1. The molecule has 2 aromatic rings. The van der Waals surface area contributed by atoms with Gasteiger partial charge in [0.05, 0.1) is 32.5 Å². The van der Waals surface area contributed by atoms with Crippen LogP contribution in [0.1, 0.15) is 23.3 Å². The third-order valence-corrected chi connectivity index (χ3v) is 5.62. The lowest BCUT2D eigenvalue weighted by Crippen LogP contribution is -2.14. The van der Waals surface area contributed by atoms with E-state index < -0.39 is 0 Å². The average molecular weight is 372 g/mol. The third-order valence-electron chi connectivity index (χ3n) is 5.62. The molecule has 27 heavy (non-hydrogen) atoms. The van der Waals surface area contributed by atoms with Crippen LogP contribution in [0.3, 0.4) is 0 Å². The van der Waals surface area contributed by atoms with Crippen LogP contribution in [0.4, 0.5) is 0 Å². The van der Waals surface area contributed by atoms with Gasteiger partial charge in [0.1, 0.15) is 5.75 Å². The summed E-state index contributed by atoms with van der Waals surface area (Å²) in [6.45, 7) is 1.21. The first-order valence-electron chi connectivity index (χ1n) is 8.88. The lowest BCUT2D eigenvalue weighted by Gasteiger charge is -2.18. The van der Waals surface area contributed by atoms with Gasteiger partial charge in [0.25, 0.3) is 0 Å². The SMILES string of the molecule is COc1cc([C@H]2OC[C@H]3[C@@H]2CO[C@@H]3c2cc3c(cc2O)OCO3)ccc1O. The van der Waals surface area contributed by atoms with Crippen molar-refractivity contribution < 1.29 is 33.9 Å². The maximum absolute atomic E-state index is 10.4. The summed E-state index contributed by atoms with van der Waals surface area (Å²) in [6.07, 6.45) is -0.417. The van der Waals surface area contributed by atoms with Crippen molar-refractivity contribution in [2.24, 2.45) is 11.8 Å². The molecule has 2 N–H and O–H groups in total. The summed E-state index contributed by atoms with van der Waals surface area (Å²) in [5.41, 5.74) is 1.63. The first-order valence-corrected chi connectivity index (χ1v) is 8.88. The highest BCUT2D eigenvalue weighted by Crippen LogP contribution is 2.53. The van der Waals surface area contributed by atoms with Crippen molar-refractivity contribution in [1.82, 2.24) is 0 Å². The molecule has 3 aliphatic rings. The van der Waals surface area contributed by atoms with Crippen LogP contribution in [0.25, 0.3) is 0 Å². The fourth-order valence-electron chi connectivity index (χ4n) is 4.26. The van der Waals surface area contributed by atoms with E-state index >= 15 is 0 Å². The summed E-state index contributed by atoms with van der Waals surface area (Å²) in [4.78, 5) is 0. The molecular formula is C20H20O7. The van der Waals surface area contributed by atoms with Gasteiger partial charge in [-0.15, -0.1) is 0 Å². The Morgan fingerprint density at radius 1 is 0.889 bits per heavy atom. The molecule has 7 nitrogen and oxygen atoms in total. The molecule has 2 fully saturated rings. The van der Waals surface area contributed by atoms with Crippen LogP contribution in [0, 0.1) is 11.8 Å². The Balaban J connectivity index is 1.42. The van der Waals surface area contributed by atoms with E-state index in [-0.39, 0.29) is 42.3 Å². The summed E-state index contributed by atoms with van der Waals surface area (Å²) >= 11 is 0. The molecule has 0 aliphatic carbocycles. The Labute approximate surface area is 156 Å². The highest BCUT2D eigenvalue weighted by molar-refractivity contribution is 5.52. The van der Waals surface area contributed by atoms with Gasteiger partial charge in [-0.05, 0) is 23.8 Å². The zero-order chi connectivity index (χ0) is 18.5. The van der Waals surface area contributed by atoms with Gasteiger partial charge in [0.15, 0.2) is 23.0 Å². The van der Waals surface area contributed by atoms with E-state index in [4.69, 9.17) is 23.7 Å². The van der Waals surface area contributed by atoms with E-state index in [9.17, 15) is 10.2 Å². The minimum Gasteiger partial charge on any atom is -0.507 e. The van der Waals surface area contributed by atoms with Gasteiger partial charge in [-0.25, -0.2) is 0 Å². The molecule has 5 rings (SSSR count). The molecule has 0 aromatic heterocycles. The number of methoxy groups -OCH3 is 1. The fourth-order valence-corrected chi connectivity index (χ4v) is 4.26. The molecule has 142 valence electrons. The van der Waals surface area contributed by atoms with Gasteiger partial charge in [-0.3, -0.25) is 0 Å². The lowest BCUT2D eigenvalue weighted by molar-refractivity contribution is 0.0184. The van der Waals surface area contributed by atoms with E-state index in [1.165, 1.54) is 7.11 Å². The first-order chi connectivity index (χ1) is 13.2. The largest absolute Gasteiger partial charge is 0.507 e. The Morgan fingerprint density at radius 3 is 2.37 bits per heavy atom. The van der Waals surface area contributed by atoms with Crippen molar-refractivity contribution in [2.75, 3.05) is 27.1 Å². The maximum Gasteiger partial charge on any atom is 0.231 e. The number of hydrogen-bond acceptors (Lipinski definition) is 7. The molecule has 2 saturated heterocycles. The second-order valence-electron chi connectivity index (χ2n) is 7.03. The highest BCUT2D eigenvalue weighted by Gasteiger charge is 2.49. The summed E-state index contributed by atoms with van der Waals surface area (Å²) in [5.74, 6) is 2.08. The second kappa shape index (κ2) is 6.21. The maximum atomic E-state index is 10.4. The fraction of sp³-hybridized carbons (Fsp3) is 0.400. The molecule has 0 bridgehead atoms. The molecule has 0 spiro atoms. The molecule has 0 amide bonds. The predicted octanol–water partition coefficient (Wildman–Crippen LogP) is 2.91. The van der Waals surface area contributed by atoms with E-state index in [1.54, 1.807) is 24.3 Å². The quantitative estimate of drug-likeness (QED) is 0.857. The monoisotopic (exact) mass is 372 g/mol. The van der Waals surface area contributed by atoms with Gasteiger partial charge in [0, 0.05) is 23.5 Å². The van der Waals surface area contributed by atoms with Gasteiger partial charge in [-0.1, -0.05) is 6.07 Å². The number of fused-ring (bicyclic) bond motifs is 2. The van der Waals surface area contributed by atoms with Gasteiger partial charge < -0.3 is 33.9 Å². The van der Waals surface area contributed by atoms with Crippen LogP contribution in [0.15, 0.2) is 30.3 Å². The summed E-state index contributed by atoms with van der Waals surface area (Å²) in [5, 5.41) is 20.3. The molecule has 2 aromatic carbocycles. The molecule has 3 heterocycles. The minimum atomic E-state index is -0.270. The van der Waals surface area contributed by atoms with Gasteiger partial charge in [0.2, 0.25) is 6.79 Å². The Morgan fingerprint density at radius 2 is 1.59 bits per heavy atom. The first kappa shape index (κ1) is 16.5. The van der Waals surface area contributed by atoms with Crippen LogP contribution in [0.2, 0.25) is 0 Å². The average Bonchev–Trinajstić information content (AvgIpc) is 3.37. The molecule has 0 saturated carbocycles. The number of phenols is 2. The number of hydrogen-bond donors (Lipinski definition) is 2. The van der Waals surface area contributed by atoms with Crippen LogP contribution in [-0.4, -0.2) is 37.3 Å². The molecular weight excluding hydrogens is 352 g/mol. The Kier molecular flexibility index (Phi) is 3.80. The molecule has 0 radical (unpaired) electrons.